The molecular weight excluding hydrogens is 288 g/mol. The number of benzene rings is 1. The van der Waals surface area contributed by atoms with E-state index in [9.17, 15) is 4.79 Å². The number of hydrogen-bond donors (Lipinski definition) is 0. The second-order valence-corrected chi connectivity index (χ2v) is 5.89. The van der Waals surface area contributed by atoms with E-state index in [2.05, 4.69) is 22.0 Å². The molecule has 0 saturated carbocycles. The lowest BCUT2D eigenvalue weighted by Gasteiger charge is -2.36. The minimum atomic E-state index is 0.0152. The number of pyridine rings is 1. The Labute approximate surface area is 137 Å². The summed E-state index contributed by atoms with van der Waals surface area (Å²) in [6, 6.07) is 15.9. The molecule has 5 nitrogen and oxygen atoms in total. The van der Waals surface area contributed by atoms with E-state index in [1.54, 1.807) is 6.07 Å². The van der Waals surface area contributed by atoms with Gasteiger partial charge in [0, 0.05) is 46.0 Å². The van der Waals surface area contributed by atoms with Crippen LogP contribution >= 0.6 is 0 Å². The molecule has 3 rings (SSSR count). The molecule has 0 spiro atoms. The smallest absolute Gasteiger partial charge is 0.272 e. The van der Waals surface area contributed by atoms with Crippen molar-refractivity contribution in [2.45, 2.75) is 0 Å². The number of para-hydroxylation sites is 1. The Morgan fingerprint density at radius 3 is 2.30 bits per heavy atom. The number of carbonyl (C=O) groups is 1. The van der Waals surface area contributed by atoms with Crippen molar-refractivity contribution in [3.8, 4) is 0 Å². The third kappa shape index (κ3) is 3.44. The van der Waals surface area contributed by atoms with Gasteiger partial charge < -0.3 is 14.7 Å². The van der Waals surface area contributed by atoms with Crippen LogP contribution in [0.3, 0.4) is 0 Å². The number of piperazine rings is 1. The molecule has 2 aromatic rings. The van der Waals surface area contributed by atoms with Crippen LogP contribution in [0.2, 0.25) is 0 Å². The predicted molar refractivity (Wildman–Crippen MR) is 93.1 cm³/mol. The molecule has 0 atom stereocenters. The molecule has 1 aromatic carbocycles. The minimum Gasteiger partial charge on any atom is -0.368 e. The van der Waals surface area contributed by atoms with Gasteiger partial charge in [0.1, 0.15) is 11.5 Å². The van der Waals surface area contributed by atoms with Gasteiger partial charge in [0.2, 0.25) is 0 Å². The second-order valence-electron chi connectivity index (χ2n) is 5.89. The molecule has 1 fully saturated rings. The summed E-state index contributed by atoms with van der Waals surface area (Å²) in [4.78, 5) is 23.2. The van der Waals surface area contributed by atoms with Crippen molar-refractivity contribution in [3.05, 3.63) is 54.2 Å². The molecule has 0 bridgehead atoms. The Morgan fingerprint density at radius 2 is 1.65 bits per heavy atom. The number of anilines is 2. The third-order valence-electron chi connectivity index (χ3n) is 4.10. The summed E-state index contributed by atoms with van der Waals surface area (Å²) >= 11 is 0. The Bertz CT molecular complexity index is 664. The molecular formula is C18H22N4O. The molecule has 0 radical (unpaired) electrons. The van der Waals surface area contributed by atoms with Crippen molar-refractivity contribution < 1.29 is 4.79 Å². The van der Waals surface area contributed by atoms with E-state index >= 15 is 0 Å². The van der Waals surface area contributed by atoms with Gasteiger partial charge >= 0.3 is 0 Å². The first-order chi connectivity index (χ1) is 11.1. The topological polar surface area (TPSA) is 39.7 Å². The molecule has 5 heteroatoms. The zero-order valence-corrected chi connectivity index (χ0v) is 13.6. The van der Waals surface area contributed by atoms with Crippen molar-refractivity contribution in [1.82, 2.24) is 9.88 Å². The number of aromatic nitrogens is 1. The number of rotatable bonds is 3. The first-order valence-electron chi connectivity index (χ1n) is 7.89. The summed E-state index contributed by atoms with van der Waals surface area (Å²) in [5.41, 5.74) is 1.73. The van der Waals surface area contributed by atoms with Crippen LogP contribution in [0.1, 0.15) is 10.5 Å². The minimum absolute atomic E-state index is 0.0152. The van der Waals surface area contributed by atoms with E-state index in [0.29, 0.717) is 5.69 Å². The van der Waals surface area contributed by atoms with Gasteiger partial charge in [-0.05, 0) is 24.3 Å². The maximum atomic E-state index is 12.6. The highest BCUT2D eigenvalue weighted by atomic mass is 16.2. The molecule has 1 saturated heterocycles. The lowest BCUT2D eigenvalue weighted by atomic mass is 10.2. The van der Waals surface area contributed by atoms with E-state index in [-0.39, 0.29) is 5.91 Å². The first-order valence-corrected chi connectivity index (χ1v) is 7.89. The first kappa shape index (κ1) is 15.3. The van der Waals surface area contributed by atoms with E-state index in [1.165, 1.54) is 5.69 Å². The second kappa shape index (κ2) is 6.69. The van der Waals surface area contributed by atoms with Gasteiger partial charge in [0.15, 0.2) is 0 Å². The quantitative estimate of drug-likeness (QED) is 0.870. The van der Waals surface area contributed by atoms with E-state index < -0.39 is 0 Å². The van der Waals surface area contributed by atoms with Gasteiger partial charge in [-0.15, -0.1) is 0 Å². The zero-order valence-electron chi connectivity index (χ0n) is 13.6. The van der Waals surface area contributed by atoms with Gasteiger partial charge in [-0.3, -0.25) is 4.79 Å². The lowest BCUT2D eigenvalue weighted by molar-refractivity contribution is 0.0741. The van der Waals surface area contributed by atoms with Crippen LogP contribution < -0.4 is 9.80 Å². The molecule has 0 aliphatic carbocycles. The van der Waals surface area contributed by atoms with Crippen molar-refractivity contribution in [2.75, 3.05) is 50.1 Å². The van der Waals surface area contributed by atoms with Crippen LogP contribution in [-0.4, -0.2) is 56.1 Å². The molecule has 1 amide bonds. The average molecular weight is 310 g/mol. The average Bonchev–Trinajstić information content (AvgIpc) is 2.62. The Hall–Kier alpha value is -2.56. The SMILES string of the molecule is CN(C)c1cccc(C(=O)N2CCN(c3ccccc3)CC2)n1. The fourth-order valence-electron chi connectivity index (χ4n) is 2.76. The maximum Gasteiger partial charge on any atom is 0.272 e. The van der Waals surface area contributed by atoms with Crippen molar-refractivity contribution in [3.63, 3.8) is 0 Å². The summed E-state index contributed by atoms with van der Waals surface area (Å²) in [5, 5.41) is 0. The van der Waals surface area contributed by atoms with Gasteiger partial charge in [0.05, 0.1) is 0 Å². The van der Waals surface area contributed by atoms with Crippen LogP contribution in [0.25, 0.3) is 0 Å². The molecule has 0 unspecified atom stereocenters. The van der Waals surface area contributed by atoms with E-state index in [1.807, 2.05) is 54.2 Å². The molecule has 1 aliphatic heterocycles. The predicted octanol–water partition coefficient (Wildman–Crippen LogP) is 2.11. The number of amides is 1. The standard InChI is InChI=1S/C18H22N4O/c1-20(2)17-10-6-9-16(19-17)18(23)22-13-11-21(12-14-22)15-7-4-3-5-8-15/h3-10H,11-14H2,1-2H3. The van der Waals surface area contributed by atoms with Crippen molar-refractivity contribution in [1.29, 1.82) is 0 Å². The summed E-state index contributed by atoms with van der Waals surface area (Å²) in [5.74, 6) is 0.820. The summed E-state index contributed by atoms with van der Waals surface area (Å²) in [6.07, 6.45) is 0. The van der Waals surface area contributed by atoms with Crippen LogP contribution in [-0.2, 0) is 0 Å². The highest BCUT2D eigenvalue weighted by Gasteiger charge is 2.23. The highest BCUT2D eigenvalue weighted by Crippen LogP contribution is 2.17. The van der Waals surface area contributed by atoms with E-state index in [4.69, 9.17) is 0 Å². The fraction of sp³-hybridized carbons (Fsp3) is 0.333. The Balaban J connectivity index is 1.65. The van der Waals surface area contributed by atoms with Crippen molar-refractivity contribution in [2.24, 2.45) is 0 Å². The number of hydrogen-bond acceptors (Lipinski definition) is 4. The van der Waals surface area contributed by atoms with Gasteiger partial charge in [-0.2, -0.15) is 0 Å². The maximum absolute atomic E-state index is 12.6. The number of nitrogens with zero attached hydrogens (tertiary/aromatic N) is 4. The van der Waals surface area contributed by atoms with Crippen LogP contribution in [0.5, 0.6) is 0 Å². The van der Waals surface area contributed by atoms with Gasteiger partial charge in [-0.1, -0.05) is 24.3 Å². The van der Waals surface area contributed by atoms with Gasteiger partial charge in [0.25, 0.3) is 5.91 Å². The Morgan fingerprint density at radius 1 is 0.957 bits per heavy atom. The molecule has 23 heavy (non-hydrogen) atoms. The molecule has 1 aromatic heterocycles. The summed E-state index contributed by atoms with van der Waals surface area (Å²) in [6.45, 7) is 3.15. The summed E-state index contributed by atoms with van der Waals surface area (Å²) in [7, 11) is 3.85. The van der Waals surface area contributed by atoms with Crippen molar-refractivity contribution >= 4 is 17.4 Å². The van der Waals surface area contributed by atoms with Crippen LogP contribution in [0, 0.1) is 0 Å². The van der Waals surface area contributed by atoms with Crippen LogP contribution in [0.15, 0.2) is 48.5 Å². The van der Waals surface area contributed by atoms with Crippen LogP contribution in [0.4, 0.5) is 11.5 Å². The molecule has 1 aliphatic rings. The molecule has 120 valence electrons. The molecule has 2 heterocycles. The zero-order chi connectivity index (χ0) is 16.2. The number of carbonyl (C=O) groups excluding carboxylic acids is 1. The highest BCUT2D eigenvalue weighted by molar-refractivity contribution is 5.92. The Kier molecular flexibility index (Phi) is 4.46. The monoisotopic (exact) mass is 310 g/mol. The molecule has 0 N–H and O–H groups in total. The fourth-order valence-corrected chi connectivity index (χ4v) is 2.76. The van der Waals surface area contributed by atoms with Gasteiger partial charge in [-0.25, -0.2) is 4.98 Å². The largest absolute Gasteiger partial charge is 0.368 e. The lowest BCUT2D eigenvalue weighted by Crippen LogP contribution is -2.49. The normalized spacial score (nSPS) is 14.7. The summed E-state index contributed by atoms with van der Waals surface area (Å²) < 4.78 is 0. The third-order valence-corrected chi connectivity index (χ3v) is 4.10. The van der Waals surface area contributed by atoms with E-state index in [0.717, 1.165) is 32.0 Å².